The van der Waals surface area contributed by atoms with Gasteiger partial charge in [0, 0.05) is 19.2 Å². The van der Waals surface area contributed by atoms with Crippen LogP contribution < -0.4 is 4.74 Å². The second-order valence-electron chi connectivity index (χ2n) is 5.73. The SMILES string of the molecule is CCN(Cc1ccccc1)C(=O)COC(=O)/C=C/c1ccc(OC)c(F)c1. The second-order valence-corrected chi connectivity index (χ2v) is 5.73. The molecule has 0 aromatic heterocycles. The van der Waals surface area contributed by atoms with Crippen LogP contribution in [0.15, 0.2) is 54.6 Å². The molecule has 0 fully saturated rings. The highest BCUT2D eigenvalue weighted by Crippen LogP contribution is 2.18. The maximum atomic E-state index is 13.6. The molecule has 5 nitrogen and oxygen atoms in total. The maximum absolute atomic E-state index is 13.6. The lowest BCUT2D eigenvalue weighted by atomic mass is 10.2. The number of rotatable bonds is 8. The molecule has 0 saturated carbocycles. The lowest BCUT2D eigenvalue weighted by molar-refractivity contribution is -0.148. The van der Waals surface area contributed by atoms with Gasteiger partial charge in [-0.1, -0.05) is 36.4 Å². The van der Waals surface area contributed by atoms with E-state index in [1.807, 2.05) is 37.3 Å². The van der Waals surface area contributed by atoms with Crippen LogP contribution in [-0.2, 0) is 20.9 Å². The number of nitrogens with zero attached hydrogens (tertiary/aromatic N) is 1. The molecule has 0 radical (unpaired) electrons. The molecule has 0 atom stereocenters. The molecule has 0 heterocycles. The summed E-state index contributed by atoms with van der Waals surface area (Å²) in [4.78, 5) is 25.6. The van der Waals surface area contributed by atoms with Gasteiger partial charge >= 0.3 is 5.97 Å². The number of ether oxygens (including phenoxy) is 2. The molecule has 6 heteroatoms. The Morgan fingerprint density at radius 1 is 1.15 bits per heavy atom. The predicted molar refractivity (Wildman–Crippen MR) is 100 cm³/mol. The van der Waals surface area contributed by atoms with Gasteiger partial charge in [-0.3, -0.25) is 4.79 Å². The summed E-state index contributed by atoms with van der Waals surface area (Å²) in [5, 5.41) is 0. The Labute approximate surface area is 158 Å². The smallest absolute Gasteiger partial charge is 0.331 e. The molecule has 0 spiro atoms. The van der Waals surface area contributed by atoms with E-state index in [2.05, 4.69) is 0 Å². The van der Waals surface area contributed by atoms with Crippen LogP contribution in [0.2, 0.25) is 0 Å². The number of hydrogen-bond donors (Lipinski definition) is 0. The number of likely N-dealkylation sites (N-methyl/N-ethyl adjacent to an activating group) is 1. The van der Waals surface area contributed by atoms with Gasteiger partial charge in [0.05, 0.1) is 7.11 Å². The molecule has 0 N–H and O–H groups in total. The summed E-state index contributed by atoms with van der Waals surface area (Å²) < 4.78 is 23.4. The van der Waals surface area contributed by atoms with Gasteiger partial charge < -0.3 is 14.4 Å². The number of methoxy groups -OCH3 is 1. The van der Waals surface area contributed by atoms with Crippen molar-refractivity contribution in [3.63, 3.8) is 0 Å². The Hall–Kier alpha value is -3.15. The molecule has 0 aliphatic carbocycles. The first-order valence-corrected chi connectivity index (χ1v) is 8.53. The van der Waals surface area contributed by atoms with Gasteiger partial charge in [0.1, 0.15) is 0 Å². The minimum atomic E-state index is -0.671. The highest BCUT2D eigenvalue weighted by molar-refractivity contribution is 5.89. The van der Waals surface area contributed by atoms with Crippen LogP contribution in [0, 0.1) is 5.82 Å². The van der Waals surface area contributed by atoms with Crippen LogP contribution in [-0.4, -0.2) is 37.0 Å². The molecular weight excluding hydrogens is 349 g/mol. The van der Waals surface area contributed by atoms with E-state index in [1.54, 1.807) is 11.0 Å². The zero-order valence-corrected chi connectivity index (χ0v) is 15.4. The minimum Gasteiger partial charge on any atom is -0.494 e. The van der Waals surface area contributed by atoms with Crippen LogP contribution in [0.1, 0.15) is 18.1 Å². The molecule has 142 valence electrons. The van der Waals surface area contributed by atoms with Crippen LogP contribution in [0.25, 0.3) is 6.08 Å². The largest absolute Gasteiger partial charge is 0.494 e. The van der Waals surface area contributed by atoms with Crippen molar-refractivity contribution < 1.29 is 23.5 Å². The van der Waals surface area contributed by atoms with E-state index in [0.29, 0.717) is 18.7 Å². The topological polar surface area (TPSA) is 55.8 Å². The number of hydrogen-bond acceptors (Lipinski definition) is 4. The summed E-state index contributed by atoms with van der Waals surface area (Å²) in [6.07, 6.45) is 2.57. The normalized spacial score (nSPS) is 10.6. The number of carbonyl (C=O) groups is 2. The molecule has 0 bridgehead atoms. The summed E-state index contributed by atoms with van der Waals surface area (Å²) >= 11 is 0. The zero-order chi connectivity index (χ0) is 19.6. The van der Waals surface area contributed by atoms with Gasteiger partial charge in [-0.15, -0.1) is 0 Å². The molecule has 0 aliphatic rings. The molecule has 0 saturated heterocycles. The molecule has 0 aliphatic heterocycles. The highest BCUT2D eigenvalue weighted by Gasteiger charge is 2.14. The Balaban J connectivity index is 1.86. The highest BCUT2D eigenvalue weighted by atomic mass is 19.1. The summed E-state index contributed by atoms with van der Waals surface area (Å²) in [5.41, 5.74) is 1.48. The second kappa shape index (κ2) is 10.1. The average Bonchev–Trinajstić information content (AvgIpc) is 2.69. The number of halogens is 1. The minimum absolute atomic E-state index is 0.124. The first kappa shape index (κ1) is 20.2. The van der Waals surface area contributed by atoms with Crippen molar-refractivity contribution in [2.45, 2.75) is 13.5 Å². The molecule has 2 aromatic rings. The van der Waals surface area contributed by atoms with Crippen molar-refractivity contribution in [2.24, 2.45) is 0 Å². The summed E-state index contributed by atoms with van der Waals surface area (Å²) in [6, 6.07) is 13.9. The third kappa shape index (κ3) is 6.26. The van der Waals surface area contributed by atoms with Gasteiger partial charge in [0.2, 0.25) is 0 Å². The van der Waals surface area contributed by atoms with Crippen molar-refractivity contribution in [1.82, 2.24) is 4.90 Å². The molecule has 2 aromatic carbocycles. The fraction of sp³-hybridized carbons (Fsp3) is 0.238. The Morgan fingerprint density at radius 2 is 1.89 bits per heavy atom. The predicted octanol–water partition coefficient (Wildman–Crippen LogP) is 3.44. The van der Waals surface area contributed by atoms with Crippen molar-refractivity contribution >= 4 is 18.0 Å². The van der Waals surface area contributed by atoms with E-state index in [-0.39, 0.29) is 18.3 Å². The third-order valence-electron chi connectivity index (χ3n) is 3.88. The monoisotopic (exact) mass is 371 g/mol. The number of benzene rings is 2. The fourth-order valence-electron chi connectivity index (χ4n) is 2.40. The Kier molecular flexibility index (Phi) is 7.55. The number of esters is 1. The standard InChI is InChI=1S/C21H22FNO4/c1-3-23(14-17-7-5-4-6-8-17)20(24)15-27-21(25)12-10-16-9-11-19(26-2)18(22)13-16/h4-13H,3,14-15H2,1-2H3/b12-10+. The Bertz CT molecular complexity index is 805. The summed E-state index contributed by atoms with van der Waals surface area (Å²) in [6.45, 7) is 2.47. The van der Waals surface area contributed by atoms with Crippen molar-refractivity contribution in [3.8, 4) is 5.75 Å². The maximum Gasteiger partial charge on any atom is 0.331 e. The van der Waals surface area contributed by atoms with E-state index in [4.69, 9.17) is 9.47 Å². The first-order chi connectivity index (χ1) is 13.0. The molecule has 27 heavy (non-hydrogen) atoms. The third-order valence-corrected chi connectivity index (χ3v) is 3.88. The van der Waals surface area contributed by atoms with Crippen molar-refractivity contribution in [1.29, 1.82) is 0 Å². The summed E-state index contributed by atoms with van der Waals surface area (Å²) in [7, 11) is 1.37. The molecule has 2 rings (SSSR count). The first-order valence-electron chi connectivity index (χ1n) is 8.53. The zero-order valence-electron chi connectivity index (χ0n) is 15.4. The molecule has 0 unspecified atom stereocenters. The van der Waals surface area contributed by atoms with Crippen LogP contribution in [0.5, 0.6) is 5.75 Å². The van der Waals surface area contributed by atoms with Gasteiger partial charge in [-0.2, -0.15) is 0 Å². The van der Waals surface area contributed by atoms with Crippen LogP contribution in [0.4, 0.5) is 4.39 Å². The number of amides is 1. The lowest BCUT2D eigenvalue weighted by Crippen LogP contribution is -2.33. The van der Waals surface area contributed by atoms with Crippen LogP contribution >= 0.6 is 0 Å². The van der Waals surface area contributed by atoms with Gasteiger partial charge in [0.15, 0.2) is 18.2 Å². The summed E-state index contributed by atoms with van der Waals surface area (Å²) in [5.74, 6) is -1.35. The Morgan fingerprint density at radius 3 is 2.52 bits per heavy atom. The van der Waals surface area contributed by atoms with E-state index in [9.17, 15) is 14.0 Å². The fourth-order valence-corrected chi connectivity index (χ4v) is 2.40. The lowest BCUT2D eigenvalue weighted by Gasteiger charge is -2.20. The van der Waals surface area contributed by atoms with Crippen molar-refractivity contribution in [3.05, 3.63) is 71.6 Å². The van der Waals surface area contributed by atoms with Gasteiger partial charge in [-0.05, 0) is 36.3 Å². The van der Waals surface area contributed by atoms with E-state index in [0.717, 1.165) is 11.6 Å². The molecular formula is C21H22FNO4. The molecule has 1 amide bonds. The van der Waals surface area contributed by atoms with Crippen LogP contribution in [0.3, 0.4) is 0 Å². The van der Waals surface area contributed by atoms with E-state index in [1.165, 1.54) is 25.3 Å². The van der Waals surface area contributed by atoms with Gasteiger partial charge in [-0.25, -0.2) is 9.18 Å². The quantitative estimate of drug-likeness (QED) is 0.527. The average molecular weight is 371 g/mol. The van der Waals surface area contributed by atoms with E-state index < -0.39 is 11.8 Å². The van der Waals surface area contributed by atoms with E-state index >= 15 is 0 Å². The van der Waals surface area contributed by atoms with Crippen molar-refractivity contribution in [2.75, 3.05) is 20.3 Å². The number of carbonyl (C=O) groups excluding carboxylic acids is 2. The van der Waals surface area contributed by atoms with Gasteiger partial charge in [0.25, 0.3) is 5.91 Å².